The molecule has 1 fully saturated rings. The third-order valence-corrected chi connectivity index (χ3v) is 7.54. The number of sulfonamides is 1. The lowest BCUT2D eigenvalue weighted by molar-refractivity contribution is 0.0617. The number of nitrogens with one attached hydrogen (secondary N) is 1. The van der Waals surface area contributed by atoms with E-state index >= 15 is 0 Å². The maximum Gasteiger partial charge on any atom is 0.261 e. The Kier molecular flexibility index (Phi) is 6.61. The quantitative estimate of drug-likeness (QED) is 0.720. The van der Waals surface area contributed by atoms with Crippen molar-refractivity contribution >= 4 is 15.7 Å². The van der Waals surface area contributed by atoms with E-state index in [2.05, 4.69) is 29.5 Å². The Labute approximate surface area is 174 Å². The van der Waals surface area contributed by atoms with Crippen molar-refractivity contribution in [3.8, 4) is 6.07 Å². The van der Waals surface area contributed by atoms with E-state index in [4.69, 9.17) is 0 Å². The van der Waals surface area contributed by atoms with Gasteiger partial charge in [-0.3, -0.25) is 9.62 Å². The highest BCUT2D eigenvalue weighted by Crippen LogP contribution is 2.41. The first-order valence-corrected chi connectivity index (χ1v) is 11.6. The Balaban J connectivity index is 1.65. The number of hydrogen-bond donors (Lipinski definition) is 1. The fourth-order valence-electron chi connectivity index (χ4n) is 4.08. The lowest BCUT2D eigenvalue weighted by Crippen LogP contribution is -2.42. The summed E-state index contributed by atoms with van der Waals surface area (Å²) < 4.78 is 27.8. The van der Waals surface area contributed by atoms with Gasteiger partial charge in [0, 0.05) is 18.7 Å². The van der Waals surface area contributed by atoms with Crippen LogP contribution in [0.15, 0.2) is 59.5 Å². The molecule has 1 saturated heterocycles. The SMILES string of the molecule is CC(C)C1(CC#N)CCN(Cc2cccc(NS(=O)(=O)c3ccccc3)c2)CC1. The van der Waals surface area contributed by atoms with Crippen LogP contribution in [0.3, 0.4) is 0 Å². The van der Waals surface area contributed by atoms with Crippen molar-refractivity contribution in [3.05, 3.63) is 60.2 Å². The van der Waals surface area contributed by atoms with Gasteiger partial charge in [0.25, 0.3) is 10.0 Å². The van der Waals surface area contributed by atoms with Crippen LogP contribution in [0.2, 0.25) is 0 Å². The minimum Gasteiger partial charge on any atom is -0.299 e. The number of nitriles is 1. The Morgan fingerprint density at radius 3 is 2.41 bits per heavy atom. The largest absolute Gasteiger partial charge is 0.299 e. The third-order valence-electron chi connectivity index (χ3n) is 6.15. The van der Waals surface area contributed by atoms with Crippen molar-refractivity contribution in [1.29, 1.82) is 5.26 Å². The summed E-state index contributed by atoms with van der Waals surface area (Å²) >= 11 is 0. The predicted molar refractivity (Wildman–Crippen MR) is 116 cm³/mol. The molecule has 1 N–H and O–H groups in total. The van der Waals surface area contributed by atoms with Gasteiger partial charge in [0.05, 0.1) is 11.0 Å². The summed E-state index contributed by atoms with van der Waals surface area (Å²) in [6.07, 6.45) is 2.67. The second kappa shape index (κ2) is 8.98. The van der Waals surface area contributed by atoms with Crippen molar-refractivity contribution in [2.24, 2.45) is 11.3 Å². The molecular formula is C23H29N3O2S. The molecule has 0 unspecified atom stereocenters. The zero-order valence-electron chi connectivity index (χ0n) is 17.1. The van der Waals surface area contributed by atoms with E-state index in [-0.39, 0.29) is 10.3 Å². The van der Waals surface area contributed by atoms with Crippen LogP contribution in [-0.2, 0) is 16.6 Å². The Morgan fingerprint density at radius 1 is 1.10 bits per heavy atom. The highest BCUT2D eigenvalue weighted by Gasteiger charge is 2.37. The maximum absolute atomic E-state index is 12.6. The minimum absolute atomic E-state index is 0.123. The molecule has 2 aromatic carbocycles. The van der Waals surface area contributed by atoms with E-state index in [1.165, 1.54) is 0 Å². The van der Waals surface area contributed by atoms with Crippen molar-refractivity contribution < 1.29 is 8.42 Å². The molecule has 0 aromatic heterocycles. The average molecular weight is 412 g/mol. The van der Waals surface area contributed by atoms with Crippen molar-refractivity contribution in [3.63, 3.8) is 0 Å². The van der Waals surface area contributed by atoms with Gasteiger partial charge in [0.15, 0.2) is 0 Å². The lowest BCUT2D eigenvalue weighted by Gasteiger charge is -2.43. The number of likely N-dealkylation sites (tertiary alicyclic amines) is 1. The molecule has 0 radical (unpaired) electrons. The summed E-state index contributed by atoms with van der Waals surface area (Å²) in [7, 11) is -3.59. The van der Waals surface area contributed by atoms with Gasteiger partial charge < -0.3 is 0 Å². The summed E-state index contributed by atoms with van der Waals surface area (Å²) in [5, 5.41) is 9.22. The standard InChI is InChI=1S/C23H29N3O2S/c1-19(2)23(11-14-24)12-15-26(16-13-23)18-20-7-6-8-21(17-20)25-29(27,28)22-9-4-3-5-10-22/h3-10,17,19,25H,11-13,15-16,18H2,1-2H3. The van der Waals surface area contributed by atoms with Crippen LogP contribution in [0.25, 0.3) is 0 Å². The summed E-state index contributed by atoms with van der Waals surface area (Å²) in [4.78, 5) is 2.65. The topological polar surface area (TPSA) is 73.2 Å². The average Bonchev–Trinajstić information content (AvgIpc) is 2.70. The molecule has 154 valence electrons. The van der Waals surface area contributed by atoms with Gasteiger partial charge in [0.1, 0.15) is 0 Å². The molecular weight excluding hydrogens is 382 g/mol. The van der Waals surface area contributed by atoms with Crippen LogP contribution in [0, 0.1) is 22.7 Å². The number of piperidine rings is 1. The monoisotopic (exact) mass is 411 g/mol. The first-order chi connectivity index (χ1) is 13.8. The van der Waals surface area contributed by atoms with Crippen LogP contribution in [0.4, 0.5) is 5.69 Å². The molecule has 0 atom stereocenters. The van der Waals surface area contributed by atoms with Crippen LogP contribution in [0.5, 0.6) is 0 Å². The molecule has 1 heterocycles. The molecule has 0 amide bonds. The number of rotatable bonds is 7. The number of benzene rings is 2. The number of nitrogens with zero attached hydrogens (tertiary/aromatic N) is 2. The summed E-state index contributed by atoms with van der Waals surface area (Å²) in [5.41, 5.74) is 1.78. The summed E-state index contributed by atoms with van der Waals surface area (Å²) in [5.74, 6) is 0.500. The van der Waals surface area contributed by atoms with Gasteiger partial charge in [-0.25, -0.2) is 8.42 Å². The second-order valence-electron chi connectivity index (χ2n) is 8.25. The second-order valence-corrected chi connectivity index (χ2v) is 9.93. The van der Waals surface area contributed by atoms with Gasteiger partial charge in [0.2, 0.25) is 0 Å². The van der Waals surface area contributed by atoms with E-state index in [1.54, 1.807) is 36.4 Å². The molecule has 0 saturated carbocycles. The van der Waals surface area contributed by atoms with Gasteiger partial charge in [-0.2, -0.15) is 5.26 Å². The van der Waals surface area contributed by atoms with E-state index in [0.717, 1.165) is 38.0 Å². The van der Waals surface area contributed by atoms with Crippen LogP contribution in [0.1, 0.15) is 38.7 Å². The molecule has 1 aliphatic heterocycles. The normalized spacial score (nSPS) is 17.0. The number of hydrogen-bond acceptors (Lipinski definition) is 4. The first kappa shape index (κ1) is 21.4. The minimum atomic E-state index is -3.59. The van der Waals surface area contributed by atoms with Gasteiger partial charge >= 0.3 is 0 Å². The molecule has 1 aliphatic rings. The summed E-state index contributed by atoms with van der Waals surface area (Å²) in [6, 6.07) is 18.4. The van der Waals surface area contributed by atoms with Crippen molar-refractivity contribution in [2.45, 2.75) is 44.6 Å². The fourth-order valence-corrected chi connectivity index (χ4v) is 5.15. The van der Waals surface area contributed by atoms with Gasteiger partial charge in [-0.1, -0.05) is 44.2 Å². The van der Waals surface area contributed by atoms with E-state index in [1.807, 2.05) is 18.2 Å². The van der Waals surface area contributed by atoms with Crippen LogP contribution in [-0.4, -0.2) is 26.4 Å². The number of anilines is 1. The molecule has 3 rings (SSSR count). The lowest BCUT2D eigenvalue weighted by atomic mass is 9.68. The Bertz CT molecular complexity index is 957. The molecule has 0 spiro atoms. The molecule has 2 aromatic rings. The van der Waals surface area contributed by atoms with Crippen LogP contribution < -0.4 is 4.72 Å². The fraction of sp³-hybridized carbons (Fsp3) is 0.435. The van der Waals surface area contributed by atoms with Gasteiger partial charge in [-0.05, 0) is 67.1 Å². The third kappa shape index (κ3) is 5.17. The molecule has 29 heavy (non-hydrogen) atoms. The van der Waals surface area contributed by atoms with Gasteiger partial charge in [-0.15, -0.1) is 0 Å². The van der Waals surface area contributed by atoms with Crippen LogP contribution >= 0.6 is 0 Å². The predicted octanol–water partition coefficient (Wildman–Crippen LogP) is 4.64. The van der Waals surface area contributed by atoms with E-state index in [9.17, 15) is 13.7 Å². The zero-order chi connectivity index (χ0) is 20.9. The zero-order valence-corrected chi connectivity index (χ0v) is 18.0. The highest BCUT2D eigenvalue weighted by atomic mass is 32.2. The highest BCUT2D eigenvalue weighted by molar-refractivity contribution is 7.92. The molecule has 5 nitrogen and oxygen atoms in total. The Morgan fingerprint density at radius 2 is 1.79 bits per heavy atom. The molecule has 0 bridgehead atoms. The smallest absolute Gasteiger partial charge is 0.261 e. The van der Waals surface area contributed by atoms with E-state index in [0.29, 0.717) is 18.0 Å². The maximum atomic E-state index is 12.6. The molecule has 0 aliphatic carbocycles. The first-order valence-electron chi connectivity index (χ1n) is 10.1. The van der Waals surface area contributed by atoms with E-state index < -0.39 is 10.0 Å². The Hall–Kier alpha value is -2.36. The van der Waals surface area contributed by atoms with Crippen molar-refractivity contribution in [2.75, 3.05) is 17.8 Å². The summed E-state index contributed by atoms with van der Waals surface area (Å²) in [6.45, 7) is 7.13. The molecule has 6 heteroatoms. The van der Waals surface area contributed by atoms with Crippen molar-refractivity contribution in [1.82, 2.24) is 4.90 Å².